The Labute approximate surface area is 240 Å². The van der Waals surface area contributed by atoms with Crippen molar-refractivity contribution in [3.63, 3.8) is 0 Å². The molecule has 0 radical (unpaired) electrons. The molecule has 0 saturated heterocycles. The third kappa shape index (κ3) is 5.77. The number of methoxy groups -OCH3 is 2. The lowest BCUT2D eigenvalue weighted by molar-refractivity contribution is -0.139. The summed E-state index contributed by atoms with van der Waals surface area (Å²) >= 11 is -2.52. The zero-order valence-electron chi connectivity index (χ0n) is 23.6. The number of aliphatic carboxylic acids is 1. The summed E-state index contributed by atoms with van der Waals surface area (Å²) in [5.41, 5.74) is 4.43. The normalized spacial score (nSPS) is 12.7. The van der Waals surface area contributed by atoms with Gasteiger partial charge in [0, 0.05) is 22.9 Å². The molecule has 0 saturated carbocycles. The predicted molar refractivity (Wildman–Crippen MR) is 158 cm³/mol. The molecule has 41 heavy (non-hydrogen) atoms. The predicted octanol–water partition coefficient (Wildman–Crippen LogP) is 6.04. The number of aryl methyl sites for hydroxylation is 2. The van der Waals surface area contributed by atoms with Gasteiger partial charge in [0.05, 0.1) is 25.3 Å². The van der Waals surface area contributed by atoms with Crippen molar-refractivity contribution in [3.05, 3.63) is 71.5 Å². The standard InChI is InChI=1S/C30H32N2O8S/c1-16(2)26(30(34)35)32(41(36)37)22-13-9-20(10-14-22)19-7-11-21(12-8-19)31-29(33)28-18(4)25-24(39-6)15-23(38-5)17(3)27(25)40-28/h7-16,26H,1-6H3,(H,31,33)(H,34,35)(H,36,37). The van der Waals surface area contributed by atoms with Gasteiger partial charge in [0.2, 0.25) is 0 Å². The maximum atomic E-state index is 13.2. The minimum atomic E-state index is -2.52. The third-order valence-corrected chi connectivity index (χ3v) is 7.69. The second-order valence-corrected chi connectivity index (χ2v) is 10.7. The molecule has 0 aliphatic heterocycles. The van der Waals surface area contributed by atoms with E-state index in [2.05, 4.69) is 5.32 Å². The van der Waals surface area contributed by atoms with Gasteiger partial charge in [0.25, 0.3) is 17.2 Å². The molecular formula is C30H32N2O8S. The van der Waals surface area contributed by atoms with Gasteiger partial charge in [-0.25, -0.2) is 9.00 Å². The summed E-state index contributed by atoms with van der Waals surface area (Å²) in [6.07, 6.45) is 0. The number of nitrogens with one attached hydrogen (secondary N) is 1. The number of anilines is 2. The van der Waals surface area contributed by atoms with E-state index in [-0.39, 0.29) is 5.76 Å². The quantitative estimate of drug-likeness (QED) is 0.193. The fraction of sp³-hybridized carbons (Fsp3) is 0.267. The second-order valence-electron chi connectivity index (χ2n) is 9.83. The molecule has 3 N–H and O–H groups in total. The van der Waals surface area contributed by atoms with Gasteiger partial charge < -0.3 is 24.3 Å². The van der Waals surface area contributed by atoms with Crippen molar-refractivity contribution in [3.8, 4) is 22.6 Å². The van der Waals surface area contributed by atoms with Gasteiger partial charge in [-0.2, -0.15) is 0 Å². The molecule has 1 heterocycles. The first-order valence-electron chi connectivity index (χ1n) is 12.8. The van der Waals surface area contributed by atoms with Crippen LogP contribution in [0, 0.1) is 19.8 Å². The van der Waals surface area contributed by atoms with Crippen LogP contribution < -0.4 is 19.1 Å². The number of hydrogen-bond acceptors (Lipinski definition) is 6. The highest BCUT2D eigenvalue weighted by Gasteiger charge is 2.32. The highest BCUT2D eigenvalue weighted by Crippen LogP contribution is 2.40. The Kier molecular flexibility index (Phi) is 8.69. The maximum absolute atomic E-state index is 13.2. The van der Waals surface area contributed by atoms with Crippen LogP contribution in [0.25, 0.3) is 22.1 Å². The summed E-state index contributed by atoms with van der Waals surface area (Å²) in [5.74, 6) is -0.682. The molecule has 1 aromatic heterocycles. The Morgan fingerprint density at radius 2 is 1.49 bits per heavy atom. The van der Waals surface area contributed by atoms with E-state index in [9.17, 15) is 23.5 Å². The van der Waals surface area contributed by atoms with E-state index in [1.807, 2.05) is 19.1 Å². The average molecular weight is 581 g/mol. The van der Waals surface area contributed by atoms with Gasteiger partial charge in [0.1, 0.15) is 23.1 Å². The number of ether oxygens (including phenoxy) is 2. The molecule has 10 nitrogen and oxygen atoms in total. The van der Waals surface area contributed by atoms with Crippen LogP contribution in [0.3, 0.4) is 0 Å². The molecule has 0 aliphatic rings. The Bertz CT molecular complexity index is 1610. The van der Waals surface area contributed by atoms with Crippen molar-refractivity contribution in [1.82, 2.24) is 0 Å². The van der Waals surface area contributed by atoms with Crippen LogP contribution in [-0.2, 0) is 16.1 Å². The fourth-order valence-electron chi connectivity index (χ4n) is 4.81. The van der Waals surface area contributed by atoms with Crippen molar-refractivity contribution < 1.29 is 37.3 Å². The molecule has 0 aliphatic carbocycles. The molecule has 0 spiro atoms. The van der Waals surface area contributed by atoms with Crippen LogP contribution in [0.1, 0.15) is 35.5 Å². The van der Waals surface area contributed by atoms with Crippen molar-refractivity contribution in [2.75, 3.05) is 23.8 Å². The van der Waals surface area contributed by atoms with Crippen LogP contribution in [0.5, 0.6) is 11.5 Å². The van der Waals surface area contributed by atoms with E-state index in [1.165, 1.54) is 0 Å². The summed E-state index contributed by atoms with van der Waals surface area (Å²) in [7, 11) is 3.11. The SMILES string of the molecule is COc1cc(OC)c2c(C)c(C(=O)Nc3ccc(-c4ccc(N(C(C(=O)O)C(C)C)S(=O)O)cc4)cc3)oc2c1C. The topological polar surface area (TPSA) is 139 Å². The van der Waals surface area contributed by atoms with Crippen LogP contribution in [0.15, 0.2) is 59.0 Å². The first-order valence-corrected chi connectivity index (χ1v) is 13.8. The first-order chi connectivity index (χ1) is 19.5. The maximum Gasteiger partial charge on any atom is 0.327 e. The Balaban J connectivity index is 1.55. The molecule has 1 amide bonds. The Morgan fingerprint density at radius 3 is 1.98 bits per heavy atom. The van der Waals surface area contributed by atoms with E-state index in [1.54, 1.807) is 77.5 Å². The molecule has 4 rings (SSSR count). The largest absolute Gasteiger partial charge is 0.496 e. The Morgan fingerprint density at radius 1 is 0.927 bits per heavy atom. The lowest BCUT2D eigenvalue weighted by Gasteiger charge is -2.29. The molecule has 216 valence electrons. The van der Waals surface area contributed by atoms with Crippen LogP contribution in [0.4, 0.5) is 11.4 Å². The molecule has 0 bridgehead atoms. The lowest BCUT2D eigenvalue weighted by Crippen LogP contribution is -2.45. The van der Waals surface area contributed by atoms with Crippen molar-refractivity contribution in [1.29, 1.82) is 0 Å². The summed E-state index contributed by atoms with van der Waals surface area (Å²) in [5, 5.41) is 13.2. The zero-order valence-corrected chi connectivity index (χ0v) is 24.4. The van der Waals surface area contributed by atoms with E-state index >= 15 is 0 Å². The van der Waals surface area contributed by atoms with Crippen molar-refractivity contribution >= 4 is 45.5 Å². The van der Waals surface area contributed by atoms with Gasteiger partial charge in [-0.05, 0) is 55.2 Å². The number of carboxylic acid groups (broad SMARTS) is 1. The number of furan rings is 1. The first kappa shape index (κ1) is 29.6. The second kappa shape index (κ2) is 12.0. The van der Waals surface area contributed by atoms with Crippen LogP contribution in [-0.4, -0.2) is 46.0 Å². The highest BCUT2D eigenvalue weighted by molar-refractivity contribution is 7.80. The molecule has 11 heteroatoms. The Hall–Kier alpha value is -4.35. The minimum Gasteiger partial charge on any atom is -0.496 e. The molecule has 2 unspecified atom stereocenters. The summed E-state index contributed by atoms with van der Waals surface area (Å²) in [6, 6.07) is 14.4. The van der Waals surface area contributed by atoms with Gasteiger partial charge in [-0.3, -0.25) is 13.7 Å². The number of rotatable bonds is 10. The molecule has 4 aromatic rings. The number of carboxylic acids is 1. The van der Waals surface area contributed by atoms with Crippen molar-refractivity contribution in [2.45, 2.75) is 33.7 Å². The van der Waals surface area contributed by atoms with E-state index < -0.39 is 35.1 Å². The van der Waals surface area contributed by atoms with Gasteiger partial charge in [-0.15, -0.1) is 0 Å². The van der Waals surface area contributed by atoms with Gasteiger partial charge >= 0.3 is 5.97 Å². The number of carbonyl (C=O) groups excluding carboxylic acids is 1. The van der Waals surface area contributed by atoms with Gasteiger partial charge in [0.15, 0.2) is 5.76 Å². The third-order valence-electron chi connectivity index (χ3n) is 6.91. The fourth-order valence-corrected chi connectivity index (χ4v) is 5.64. The monoisotopic (exact) mass is 580 g/mol. The van der Waals surface area contributed by atoms with E-state index in [0.29, 0.717) is 39.4 Å². The number of benzene rings is 3. The van der Waals surface area contributed by atoms with E-state index in [4.69, 9.17) is 13.9 Å². The van der Waals surface area contributed by atoms with Crippen molar-refractivity contribution in [2.24, 2.45) is 5.92 Å². The number of fused-ring (bicyclic) bond motifs is 1. The summed E-state index contributed by atoms with van der Waals surface area (Å²) in [4.78, 5) is 24.9. The van der Waals surface area contributed by atoms with E-state index in [0.717, 1.165) is 21.0 Å². The molecule has 0 fully saturated rings. The van der Waals surface area contributed by atoms with Crippen LogP contribution in [0.2, 0.25) is 0 Å². The smallest absolute Gasteiger partial charge is 0.327 e. The zero-order chi connectivity index (χ0) is 30.0. The minimum absolute atomic E-state index is 0.168. The average Bonchev–Trinajstić information content (AvgIpc) is 3.29. The summed E-state index contributed by atoms with van der Waals surface area (Å²) < 4.78 is 39.7. The van der Waals surface area contributed by atoms with Crippen LogP contribution >= 0.6 is 0 Å². The number of nitrogens with zero attached hydrogens (tertiary/aromatic N) is 1. The lowest BCUT2D eigenvalue weighted by atomic mass is 10.0. The molecule has 3 aromatic carbocycles. The van der Waals surface area contributed by atoms with Gasteiger partial charge in [-0.1, -0.05) is 38.1 Å². The highest BCUT2D eigenvalue weighted by atomic mass is 32.2. The summed E-state index contributed by atoms with van der Waals surface area (Å²) in [6.45, 7) is 7.01. The molecular weight excluding hydrogens is 548 g/mol. The number of hydrogen-bond donors (Lipinski definition) is 3. The number of amides is 1. The molecule has 2 atom stereocenters. The number of carbonyl (C=O) groups is 2.